The van der Waals surface area contributed by atoms with Gasteiger partial charge in [0.1, 0.15) is 6.04 Å². The molecule has 2 unspecified atom stereocenters. The minimum Gasteiger partial charge on any atom is -0.468 e. The zero-order chi connectivity index (χ0) is 14.4. The van der Waals surface area contributed by atoms with Gasteiger partial charge in [-0.05, 0) is 36.1 Å². The number of ether oxygens (including phenoxy) is 1. The van der Waals surface area contributed by atoms with Gasteiger partial charge in [-0.3, -0.25) is 4.79 Å². The maximum Gasteiger partial charge on any atom is 0.323 e. The monoisotopic (exact) mass is 283 g/mol. The fourth-order valence-electron chi connectivity index (χ4n) is 1.96. The third-order valence-electron chi connectivity index (χ3n) is 3.49. The number of carbonyl (C=O) groups is 1. The van der Waals surface area contributed by atoms with Gasteiger partial charge in [-0.1, -0.05) is 37.9 Å². The average molecular weight is 284 g/mol. The van der Waals surface area contributed by atoms with Crippen LogP contribution < -0.4 is 5.32 Å². The number of hydrogen-bond donors (Lipinski definition) is 1. The van der Waals surface area contributed by atoms with E-state index in [0.717, 1.165) is 22.6 Å². The van der Waals surface area contributed by atoms with Gasteiger partial charge >= 0.3 is 5.97 Å². The molecule has 1 N–H and O–H groups in total. The lowest BCUT2D eigenvalue weighted by Crippen LogP contribution is -2.42. The molecule has 0 fully saturated rings. The van der Waals surface area contributed by atoms with E-state index in [1.165, 1.54) is 7.11 Å². The van der Waals surface area contributed by atoms with Crippen LogP contribution in [0.4, 0.5) is 0 Å². The first-order valence-corrected chi connectivity index (χ1v) is 6.93. The predicted molar refractivity (Wildman–Crippen MR) is 78.3 cm³/mol. The number of methoxy groups -OCH3 is 1. The number of rotatable bonds is 6. The van der Waals surface area contributed by atoms with Gasteiger partial charge in [-0.25, -0.2) is 0 Å². The predicted octanol–water partition coefficient (Wildman–Crippen LogP) is 3.33. The molecule has 19 heavy (non-hydrogen) atoms. The number of esters is 1. The van der Waals surface area contributed by atoms with E-state index < -0.39 is 0 Å². The maximum absolute atomic E-state index is 11.8. The lowest BCUT2D eigenvalue weighted by atomic mass is 9.98. The van der Waals surface area contributed by atoms with Crippen LogP contribution in [0.25, 0.3) is 0 Å². The van der Waals surface area contributed by atoms with Gasteiger partial charge in [0.2, 0.25) is 0 Å². The molecule has 0 spiro atoms. The molecule has 106 valence electrons. The highest BCUT2D eigenvalue weighted by molar-refractivity contribution is 6.30. The summed E-state index contributed by atoms with van der Waals surface area (Å²) in [5.74, 6) is 0.0287. The van der Waals surface area contributed by atoms with Crippen LogP contribution in [0.3, 0.4) is 0 Å². The van der Waals surface area contributed by atoms with Gasteiger partial charge in [0, 0.05) is 11.6 Å². The molecule has 0 bridgehead atoms. The van der Waals surface area contributed by atoms with Crippen LogP contribution >= 0.6 is 11.6 Å². The molecule has 2 atom stereocenters. The van der Waals surface area contributed by atoms with Crippen LogP contribution in [0.1, 0.15) is 31.4 Å². The lowest BCUT2D eigenvalue weighted by Gasteiger charge is -2.22. The molecule has 0 heterocycles. The summed E-state index contributed by atoms with van der Waals surface area (Å²) < 4.78 is 4.85. The smallest absolute Gasteiger partial charge is 0.323 e. The second-order valence-electron chi connectivity index (χ2n) is 4.84. The minimum atomic E-state index is -0.273. The number of nitrogens with one attached hydrogen (secondary N) is 1. The molecule has 0 amide bonds. The van der Waals surface area contributed by atoms with E-state index in [9.17, 15) is 4.79 Å². The Balaban J connectivity index is 2.73. The Kier molecular flexibility index (Phi) is 6.32. The molecular formula is C15H22ClNO2. The lowest BCUT2D eigenvalue weighted by molar-refractivity contribution is -0.144. The largest absolute Gasteiger partial charge is 0.468 e. The molecule has 0 saturated carbocycles. The van der Waals surface area contributed by atoms with E-state index >= 15 is 0 Å². The summed E-state index contributed by atoms with van der Waals surface area (Å²) in [6, 6.07) is 5.50. The van der Waals surface area contributed by atoms with Gasteiger partial charge < -0.3 is 10.1 Å². The van der Waals surface area contributed by atoms with Crippen LogP contribution in [-0.2, 0) is 16.1 Å². The summed E-state index contributed by atoms with van der Waals surface area (Å²) in [5, 5.41) is 4.01. The molecular weight excluding hydrogens is 262 g/mol. The van der Waals surface area contributed by atoms with Crippen LogP contribution in [0.5, 0.6) is 0 Å². The maximum atomic E-state index is 11.8. The second-order valence-corrected chi connectivity index (χ2v) is 5.27. The second kappa shape index (κ2) is 7.51. The van der Waals surface area contributed by atoms with Crippen molar-refractivity contribution < 1.29 is 9.53 Å². The van der Waals surface area contributed by atoms with Crippen molar-refractivity contribution in [1.29, 1.82) is 0 Å². The Bertz CT molecular complexity index is 434. The highest BCUT2D eigenvalue weighted by Gasteiger charge is 2.24. The molecule has 0 aromatic heterocycles. The molecule has 0 aliphatic carbocycles. The van der Waals surface area contributed by atoms with Gasteiger partial charge in [0.15, 0.2) is 0 Å². The molecule has 1 rings (SSSR count). The van der Waals surface area contributed by atoms with Crippen molar-refractivity contribution in [2.24, 2.45) is 5.92 Å². The van der Waals surface area contributed by atoms with E-state index in [-0.39, 0.29) is 17.9 Å². The molecule has 4 heteroatoms. The zero-order valence-corrected chi connectivity index (χ0v) is 12.8. The van der Waals surface area contributed by atoms with Crippen molar-refractivity contribution >= 4 is 17.6 Å². The van der Waals surface area contributed by atoms with Gasteiger partial charge in [0.05, 0.1) is 7.11 Å². The van der Waals surface area contributed by atoms with Gasteiger partial charge in [-0.2, -0.15) is 0 Å². The Labute approximate surface area is 120 Å². The van der Waals surface area contributed by atoms with E-state index in [2.05, 4.69) is 12.2 Å². The van der Waals surface area contributed by atoms with Crippen LogP contribution in [0.2, 0.25) is 5.02 Å². The number of benzene rings is 1. The minimum absolute atomic E-state index is 0.207. The standard InChI is InChI=1S/C15H22ClNO2/c1-5-10(2)14(15(18)19-4)17-9-12-6-7-13(16)8-11(12)3/h6-8,10,14,17H,5,9H2,1-4H3. The van der Waals surface area contributed by atoms with E-state index in [1.807, 2.05) is 32.0 Å². The molecule has 3 nitrogen and oxygen atoms in total. The Morgan fingerprint density at radius 3 is 2.68 bits per heavy atom. The first kappa shape index (κ1) is 16.0. The highest BCUT2D eigenvalue weighted by Crippen LogP contribution is 2.16. The summed E-state index contributed by atoms with van der Waals surface area (Å²) >= 11 is 5.93. The highest BCUT2D eigenvalue weighted by atomic mass is 35.5. The third-order valence-corrected chi connectivity index (χ3v) is 3.72. The summed E-state index contributed by atoms with van der Waals surface area (Å²) in [7, 11) is 1.42. The van der Waals surface area contributed by atoms with Crippen molar-refractivity contribution in [2.45, 2.75) is 39.8 Å². The molecule has 1 aromatic rings. The number of aryl methyl sites for hydroxylation is 1. The van der Waals surface area contributed by atoms with Crippen molar-refractivity contribution in [1.82, 2.24) is 5.32 Å². The summed E-state index contributed by atoms with van der Waals surface area (Å²) in [5.41, 5.74) is 2.26. The van der Waals surface area contributed by atoms with E-state index in [0.29, 0.717) is 6.54 Å². The van der Waals surface area contributed by atoms with E-state index in [4.69, 9.17) is 16.3 Å². The molecule has 0 aliphatic heterocycles. The SMILES string of the molecule is CCC(C)C(NCc1ccc(Cl)cc1C)C(=O)OC. The van der Waals surface area contributed by atoms with Crippen LogP contribution in [0, 0.1) is 12.8 Å². The fraction of sp³-hybridized carbons (Fsp3) is 0.533. The van der Waals surface area contributed by atoms with Crippen molar-refractivity contribution in [2.75, 3.05) is 7.11 Å². The first-order chi connectivity index (χ1) is 8.99. The Morgan fingerprint density at radius 1 is 1.47 bits per heavy atom. The summed E-state index contributed by atoms with van der Waals surface area (Å²) in [6.07, 6.45) is 0.923. The zero-order valence-electron chi connectivity index (χ0n) is 12.0. The summed E-state index contributed by atoms with van der Waals surface area (Å²) in [4.78, 5) is 11.8. The Hall–Kier alpha value is -1.06. The molecule has 0 radical (unpaired) electrons. The molecule has 0 aliphatic rings. The summed E-state index contributed by atoms with van der Waals surface area (Å²) in [6.45, 7) is 6.76. The molecule has 0 saturated heterocycles. The third kappa shape index (κ3) is 4.51. The van der Waals surface area contributed by atoms with Gasteiger partial charge in [-0.15, -0.1) is 0 Å². The topological polar surface area (TPSA) is 38.3 Å². The Morgan fingerprint density at radius 2 is 2.16 bits per heavy atom. The van der Waals surface area contributed by atoms with Crippen molar-refractivity contribution in [3.63, 3.8) is 0 Å². The number of halogens is 1. The van der Waals surface area contributed by atoms with Crippen molar-refractivity contribution in [3.05, 3.63) is 34.3 Å². The number of carbonyl (C=O) groups excluding carboxylic acids is 1. The molecule has 1 aromatic carbocycles. The van der Waals surface area contributed by atoms with Crippen molar-refractivity contribution in [3.8, 4) is 0 Å². The quantitative estimate of drug-likeness (QED) is 0.814. The normalized spacial score (nSPS) is 13.9. The first-order valence-electron chi connectivity index (χ1n) is 6.55. The average Bonchev–Trinajstić information content (AvgIpc) is 2.40. The fourth-order valence-corrected chi connectivity index (χ4v) is 2.18. The van der Waals surface area contributed by atoms with E-state index in [1.54, 1.807) is 0 Å². The van der Waals surface area contributed by atoms with Crippen LogP contribution in [0.15, 0.2) is 18.2 Å². The van der Waals surface area contributed by atoms with Crippen LogP contribution in [-0.4, -0.2) is 19.1 Å². The van der Waals surface area contributed by atoms with Gasteiger partial charge in [0.25, 0.3) is 0 Å². The number of hydrogen-bond acceptors (Lipinski definition) is 3.